The number of ether oxygens (including phenoxy) is 3. The summed E-state index contributed by atoms with van der Waals surface area (Å²) in [6.07, 6.45) is 0. The number of esters is 1. The highest BCUT2D eigenvalue weighted by molar-refractivity contribution is 5.90. The number of benzene rings is 1. The number of carbonyl (C=O) groups is 2. The third kappa shape index (κ3) is 3.39. The Morgan fingerprint density at radius 3 is 2.57 bits per heavy atom. The van der Waals surface area contributed by atoms with Gasteiger partial charge in [-0.15, -0.1) is 0 Å². The molecule has 1 aromatic rings. The standard InChI is InChI=1S/C16H20N2O5/c1-21-15(19)12-2-3-13-11-18(6-9-23-14(13)10-12)16(20)17-4-7-22-8-5-17/h2-3,10H,4-9,11H2,1H3. The van der Waals surface area contributed by atoms with Gasteiger partial charge >= 0.3 is 12.0 Å². The van der Waals surface area contributed by atoms with Gasteiger partial charge in [0.1, 0.15) is 12.4 Å². The molecule has 0 unspecified atom stereocenters. The van der Waals surface area contributed by atoms with Crippen molar-refractivity contribution in [1.29, 1.82) is 0 Å². The van der Waals surface area contributed by atoms with Gasteiger partial charge in [0, 0.05) is 18.7 Å². The van der Waals surface area contributed by atoms with E-state index in [2.05, 4.69) is 0 Å². The number of amides is 2. The van der Waals surface area contributed by atoms with Crippen molar-refractivity contribution < 1.29 is 23.8 Å². The van der Waals surface area contributed by atoms with E-state index >= 15 is 0 Å². The summed E-state index contributed by atoms with van der Waals surface area (Å²) in [5, 5.41) is 0. The largest absolute Gasteiger partial charge is 0.491 e. The molecule has 1 saturated heterocycles. The maximum absolute atomic E-state index is 12.6. The Morgan fingerprint density at radius 1 is 1.09 bits per heavy atom. The van der Waals surface area contributed by atoms with E-state index in [0.717, 1.165) is 5.56 Å². The van der Waals surface area contributed by atoms with Crippen LogP contribution >= 0.6 is 0 Å². The number of rotatable bonds is 1. The second kappa shape index (κ2) is 6.87. The van der Waals surface area contributed by atoms with Gasteiger partial charge < -0.3 is 24.0 Å². The van der Waals surface area contributed by atoms with E-state index in [9.17, 15) is 9.59 Å². The van der Waals surface area contributed by atoms with Crippen molar-refractivity contribution in [3.05, 3.63) is 29.3 Å². The predicted octanol–water partition coefficient (Wildman–Crippen LogP) is 1.12. The molecular formula is C16H20N2O5. The smallest absolute Gasteiger partial charge is 0.337 e. The molecule has 0 spiro atoms. The molecule has 7 nitrogen and oxygen atoms in total. The molecule has 23 heavy (non-hydrogen) atoms. The zero-order chi connectivity index (χ0) is 16.2. The number of urea groups is 1. The van der Waals surface area contributed by atoms with E-state index in [1.54, 1.807) is 21.9 Å². The Kier molecular flexibility index (Phi) is 4.66. The monoisotopic (exact) mass is 320 g/mol. The van der Waals surface area contributed by atoms with Crippen molar-refractivity contribution in [2.24, 2.45) is 0 Å². The number of methoxy groups -OCH3 is 1. The summed E-state index contributed by atoms with van der Waals surface area (Å²) in [7, 11) is 1.34. The highest BCUT2D eigenvalue weighted by Gasteiger charge is 2.26. The van der Waals surface area contributed by atoms with E-state index < -0.39 is 5.97 Å². The predicted molar refractivity (Wildman–Crippen MR) is 81.5 cm³/mol. The van der Waals surface area contributed by atoms with Gasteiger partial charge in [-0.1, -0.05) is 6.07 Å². The summed E-state index contributed by atoms with van der Waals surface area (Å²) >= 11 is 0. The lowest BCUT2D eigenvalue weighted by Crippen LogP contribution is -2.48. The van der Waals surface area contributed by atoms with Crippen LogP contribution in [0.2, 0.25) is 0 Å². The molecule has 0 atom stereocenters. The molecule has 0 N–H and O–H groups in total. The van der Waals surface area contributed by atoms with E-state index in [0.29, 0.717) is 57.3 Å². The van der Waals surface area contributed by atoms with Crippen LogP contribution in [-0.2, 0) is 16.0 Å². The van der Waals surface area contributed by atoms with Crippen LogP contribution in [0, 0.1) is 0 Å². The van der Waals surface area contributed by atoms with Crippen LogP contribution in [-0.4, -0.2) is 68.4 Å². The molecule has 124 valence electrons. The summed E-state index contributed by atoms with van der Waals surface area (Å²) in [4.78, 5) is 27.8. The van der Waals surface area contributed by atoms with Crippen molar-refractivity contribution in [2.45, 2.75) is 6.54 Å². The van der Waals surface area contributed by atoms with E-state index in [4.69, 9.17) is 14.2 Å². The van der Waals surface area contributed by atoms with E-state index in [-0.39, 0.29) is 6.03 Å². The molecule has 2 aliphatic heterocycles. The first kappa shape index (κ1) is 15.6. The van der Waals surface area contributed by atoms with Crippen molar-refractivity contribution in [3.63, 3.8) is 0 Å². The van der Waals surface area contributed by atoms with Gasteiger partial charge in [-0.2, -0.15) is 0 Å². The van der Waals surface area contributed by atoms with Gasteiger partial charge in [0.15, 0.2) is 0 Å². The van der Waals surface area contributed by atoms with Crippen LogP contribution in [0.1, 0.15) is 15.9 Å². The van der Waals surface area contributed by atoms with Crippen molar-refractivity contribution in [2.75, 3.05) is 46.6 Å². The summed E-state index contributed by atoms with van der Waals surface area (Å²) < 4.78 is 15.7. The van der Waals surface area contributed by atoms with Gasteiger partial charge in [-0.3, -0.25) is 0 Å². The van der Waals surface area contributed by atoms with Gasteiger partial charge in [0.25, 0.3) is 0 Å². The Bertz CT molecular complexity index is 598. The molecule has 3 rings (SSSR count). The van der Waals surface area contributed by atoms with Crippen LogP contribution in [0.5, 0.6) is 5.75 Å². The van der Waals surface area contributed by atoms with Gasteiger partial charge in [0.2, 0.25) is 0 Å². The Labute approximate surface area is 134 Å². The summed E-state index contributed by atoms with van der Waals surface area (Å²) in [5.41, 5.74) is 1.33. The highest BCUT2D eigenvalue weighted by atomic mass is 16.5. The third-order valence-electron chi connectivity index (χ3n) is 4.02. The molecule has 0 radical (unpaired) electrons. The van der Waals surface area contributed by atoms with Crippen LogP contribution in [0.15, 0.2) is 18.2 Å². The minimum atomic E-state index is -0.401. The number of hydrogen-bond donors (Lipinski definition) is 0. The minimum absolute atomic E-state index is 0.00166. The maximum Gasteiger partial charge on any atom is 0.337 e. The molecule has 2 heterocycles. The normalized spacial score (nSPS) is 17.8. The van der Waals surface area contributed by atoms with E-state index in [1.165, 1.54) is 7.11 Å². The maximum atomic E-state index is 12.6. The second-order valence-electron chi connectivity index (χ2n) is 5.47. The zero-order valence-corrected chi connectivity index (χ0v) is 13.1. The fourth-order valence-electron chi connectivity index (χ4n) is 2.73. The molecule has 7 heteroatoms. The van der Waals surface area contributed by atoms with E-state index in [1.807, 2.05) is 6.07 Å². The zero-order valence-electron chi connectivity index (χ0n) is 13.1. The highest BCUT2D eigenvalue weighted by Crippen LogP contribution is 2.25. The number of morpholine rings is 1. The lowest BCUT2D eigenvalue weighted by atomic mass is 10.1. The Morgan fingerprint density at radius 2 is 1.83 bits per heavy atom. The van der Waals surface area contributed by atoms with Crippen LogP contribution in [0.3, 0.4) is 0 Å². The molecule has 1 fully saturated rings. The summed E-state index contributed by atoms with van der Waals surface area (Å²) in [6, 6.07) is 5.18. The van der Waals surface area contributed by atoms with Gasteiger partial charge in [0.05, 0.1) is 39.0 Å². The lowest BCUT2D eigenvalue weighted by molar-refractivity contribution is 0.0422. The summed E-state index contributed by atoms with van der Waals surface area (Å²) in [6.45, 7) is 3.76. The van der Waals surface area contributed by atoms with Crippen molar-refractivity contribution >= 4 is 12.0 Å². The Hall–Kier alpha value is -2.28. The lowest BCUT2D eigenvalue weighted by Gasteiger charge is -2.32. The van der Waals surface area contributed by atoms with Crippen LogP contribution in [0.4, 0.5) is 4.79 Å². The molecule has 0 aromatic heterocycles. The summed E-state index contributed by atoms with van der Waals surface area (Å²) in [5.74, 6) is 0.229. The second-order valence-corrected chi connectivity index (χ2v) is 5.47. The van der Waals surface area contributed by atoms with Gasteiger partial charge in [-0.25, -0.2) is 9.59 Å². The molecule has 0 bridgehead atoms. The van der Waals surface area contributed by atoms with Crippen molar-refractivity contribution in [1.82, 2.24) is 9.80 Å². The average molecular weight is 320 g/mol. The first-order valence-electron chi connectivity index (χ1n) is 7.64. The average Bonchev–Trinajstić information content (AvgIpc) is 2.82. The van der Waals surface area contributed by atoms with Gasteiger partial charge in [-0.05, 0) is 12.1 Å². The van der Waals surface area contributed by atoms with Crippen LogP contribution in [0.25, 0.3) is 0 Å². The molecule has 2 amide bonds. The Balaban J connectivity index is 1.75. The quantitative estimate of drug-likeness (QED) is 0.725. The topological polar surface area (TPSA) is 68.3 Å². The molecular weight excluding hydrogens is 300 g/mol. The van der Waals surface area contributed by atoms with Crippen LogP contribution < -0.4 is 4.74 Å². The molecule has 0 saturated carbocycles. The number of hydrogen-bond acceptors (Lipinski definition) is 5. The molecule has 0 aliphatic carbocycles. The fraction of sp³-hybridized carbons (Fsp3) is 0.500. The minimum Gasteiger partial charge on any atom is -0.491 e. The molecule has 2 aliphatic rings. The third-order valence-corrected chi connectivity index (χ3v) is 4.02. The molecule has 1 aromatic carbocycles. The SMILES string of the molecule is COC(=O)c1ccc2c(c1)OCCN(C(=O)N1CCOCC1)C2. The fourth-order valence-corrected chi connectivity index (χ4v) is 2.73. The number of fused-ring (bicyclic) bond motifs is 1. The van der Waals surface area contributed by atoms with Crippen molar-refractivity contribution in [3.8, 4) is 5.75 Å². The first-order valence-corrected chi connectivity index (χ1v) is 7.64. The number of nitrogens with zero attached hydrogens (tertiary/aromatic N) is 2. The first-order chi connectivity index (χ1) is 11.2. The number of carbonyl (C=O) groups excluding carboxylic acids is 2.